The molecule has 1 saturated heterocycles. The Morgan fingerprint density at radius 1 is 1.40 bits per heavy atom. The number of likely N-dealkylation sites (N-methyl/N-ethyl adjacent to an activating group) is 1. The molecule has 0 atom stereocenters. The maximum Gasteiger partial charge on any atom is 0.303 e. The molecule has 0 unspecified atom stereocenters. The van der Waals surface area contributed by atoms with E-state index < -0.39 is 5.97 Å². The van der Waals surface area contributed by atoms with Gasteiger partial charge in [0, 0.05) is 20.0 Å². The van der Waals surface area contributed by atoms with Crippen molar-refractivity contribution in [1.82, 2.24) is 9.80 Å². The van der Waals surface area contributed by atoms with Gasteiger partial charge >= 0.3 is 5.97 Å². The first-order valence-corrected chi connectivity index (χ1v) is 7.08. The van der Waals surface area contributed by atoms with E-state index in [4.69, 9.17) is 10.4 Å². The predicted molar refractivity (Wildman–Crippen MR) is 73.9 cm³/mol. The summed E-state index contributed by atoms with van der Waals surface area (Å²) in [6.45, 7) is 2.57. The number of rotatable bonds is 7. The van der Waals surface area contributed by atoms with Crippen LogP contribution in [0, 0.1) is 17.2 Å². The number of piperidine rings is 1. The van der Waals surface area contributed by atoms with Crippen LogP contribution in [-0.2, 0) is 9.59 Å². The van der Waals surface area contributed by atoms with Crippen molar-refractivity contribution in [3.8, 4) is 6.07 Å². The average Bonchev–Trinajstić information content (AvgIpc) is 2.43. The first kappa shape index (κ1) is 16.4. The summed E-state index contributed by atoms with van der Waals surface area (Å²) in [6.07, 6.45) is 3.25. The van der Waals surface area contributed by atoms with Crippen molar-refractivity contribution in [2.45, 2.75) is 32.1 Å². The summed E-state index contributed by atoms with van der Waals surface area (Å²) < 4.78 is 0. The fraction of sp³-hybridized carbons (Fsp3) is 0.786. The van der Waals surface area contributed by atoms with Crippen LogP contribution < -0.4 is 0 Å². The highest BCUT2D eigenvalue weighted by molar-refractivity contribution is 5.78. The third-order valence-corrected chi connectivity index (χ3v) is 3.82. The van der Waals surface area contributed by atoms with Crippen LogP contribution in [0.25, 0.3) is 0 Å². The summed E-state index contributed by atoms with van der Waals surface area (Å²) in [5, 5.41) is 17.2. The monoisotopic (exact) mass is 281 g/mol. The van der Waals surface area contributed by atoms with Crippen LogP contribution in [0.1, 0.15) is 32.1 Å². The van der Waals surface area contributed by atoms with E-state index in [2.05, 4.69) is 4.90 Å². The van der Waals surface area contributed by atoms with Crippen LogP contribution in [0.5, 0.6) is 0 Å². The zero-order chi connectivity index (χ0) is 15.0. The molecule has 0 bridgehead atoms. The molecule has 1 aliphatic heterocycles. The van der Waals surface area contributed by atoms with Gasteiger partial charge in [-0.1, -0.05) is 0 Å². The van der Waals surface area contributed by atoms with E-state index in [1.807, 2.05) is 6.07 Å². The highest BCUT2D eigenvalue weighted by Crippen LogP contribution is 2.21. The molecule has 0 aliphatic carbocycles. The molecule has 0 radical (unpaired) electrons. The Hall–Kier alpha value is -1.61. The number of hydrogen-bond donors (Lipinski definition) is 1. The van der Waals surface area contributed by atoms with Gasteiger partial charge in [-0.25, -0.2) is 0 Å². The number of nitriles is 1. The minimum Gasteiger partial charge on any atom is -0.481 e. The normalized spacial score (nSPS) is 16.6. The molecule has 1 N–H and O–H groups in total. The highest BCUT2D eigenvalue weighted by atomic mass is 16.4. The van der Waals surface area contributed by atoms with Crippen LogP contribution in [0.4, 0.5) is 0 Å². The van der Waals surface area contributed by atoms with Crippen molar-refractivity contribution in [3.63, 3.8) is 0 Å². The third kappa shape index (κ3) is 6.02. The number of carboxylic acid groups (broad SMARTS) is 1. The lowest BCUT2D eigenvalue weighted by molar-refractivity contribution is -0.137. The van der Waals surface area contributed by atoms with Crippen molar-refractivity contribution >= 4 is 11.9 Å². The smallest absolute Gasteiger partial charge is 0.303 e. The Morgan fingerprint density at radius 2 is 2.05 bits per heavy atom. The number of aliphatic carboxylic acids is 1. The standard InChI is InChI=1S/C14H23N3O3/c1-16(8-2-7-15)13(18)11-17-9-5-12(6-10-17)3-4-14(19)20/h12H,2-6,8-11H2,1H3,(H,19,20). The molecule has 1 heterocycles. The molecule has 1 fully saturated rings. The second-order valence-corrected chi connectivity index (χ2v) is 5.38. The summed E-state index contributed by atoms with van der Waals surface area (Å²) in [5.41, 5.74) is 0. The first-order valence-electron chi connectivity index (χ1n) is 7.08. The second kappa shape index (κ2) is 8.54. The Morgan fingerprint density at radius 3 is 2.60 bits per heavy atom. The van der Waals surface area contributed by atoms with E-state index in [0.29, 0.717) is 25.4 Å². The zero-order valence-corrected chi connectivity index (χ0v) is 12.0. The topological polar surface area (TPSA) is 84.6 Å². The van der Waals surface area contributed by atoms with E-state index in [0.717, 1.165) is 32.4 Å². The van der Waals surface area contributed by atoms with Crippen molar-refractivity contribution in [2.75, 3.05) is 33.2 Å². The molecule has 0 aromatic heterocycles. The predicted octanol–water partition coefficient (Wildman–Crippen LogP) is 0.935. The van der Waals surface area contributed by atoms with Gasteiger partial charge in [0.25, 0.3) is 0 Å². The van der Waals surface area contributed by atoms with Crippen LogP contribution in [0.15, 0.2) is 0 Å². The molecule has 0 spiro atoms. The summed E-state index contributed by atoms with van der Waals surface area (Å²) in [5.74, 6) is -0.222. The molecule has 0 aromatic carbocycles. The summed E-state index contributed by atoms with van der Waals surface area (Å²) in [6, 6.07) is 2.03. The van der Waals surface area contributed by atoms with Gasteiger partial charge in [0.2, 0.25) is 5.91 Å². The van der Waals surface area contributed by atoms with Crippen LogP contribution in [-0.4, -0.2) is 60.0 Å². The fourth-order valence-corrected chi connectivity index (χ4v) is 2.42. The van der Waals surface area contributed by atoms with Gasteiger partial charge in [0.1, 0.15) is 0 Å². The number of carboxylic acids is 1. The minimum atomic E-state index is -0.735. The molecule has 0 saturated carbocycles. The molecule has 1 amide bonds. The number of carbonyl (C=O) groups excluding carboxylic acids is 1. The summed E-state index contributed by atoms with van der Waals surface area (Å²) >= 11 is 0. The first-order chi connectivity index (χ1) is 9.52. The van der Waals surface area contributed by atoms with Crippen molar-refractivity contribution in [1.29, 1.82) is 5.26 Å². The second-order valence-electron chi connectivity index (χ2n) is 5.38. The molecule has 0 aromatic rings. The van der Waals surface area contributed by atoms with Crippen molar-refractivity contribution < 1.29 is 14.7 Å². The van der Waals surface area contributed by atoms with Gasteiger partial charge < -0.3 is 10.0 Å². The Bertz CT molecular complexity index is 370. The minimum absolute atomic E-state index is 0.0456. The van der Waals surface area contributed by atoms with E-state index in [1.165, 1.54) is 0 Å². The molecular formula is C14H23N3O3. The largest absolute Gasteiger partial charge is 0.481 e. The Labute approximate surface area is 120 Å². The van der Waals surface area contributed by atoms with E-state index in [9.17, 15) is 9.59 Å². The number of nitrogens with zero attached hydrogens (tertiary/aromatic N) is 3. The number of amides is 1. The summed E-state index contributed by atoms with van der Waals surface area (Å²) in [7, 11) is 1.72. The zero-order valence-electron chi connectivity index (χ0n) is 12.0. The van der Waals surface area contributed by atoms with E-state index in [1.54, 1.807) is 11.9 Å². The number of carbonyl (C=O) groups is 2. The molecule has 20 heavy (non-hydrogen) atoms. The fourth-order valence-electron chi connectivity index (χ4n) is 2.42. The number of hydrogen-bond acceptors (Lipinski definition) is 4. The van der Waals surface area contributed by atoms with Crippen molar-refractivity contribution in [3.05, 3.63) is 0 Å². The van der Waals surface area contributed by atoms with Crippen LogP contribution in [0.2, 0.25) is 0 Å². The third-order valence-electron chi connectivity index (χ3n) is 3.82. The molecule has 1 rings (SSSR count). The molecular weight excluding hydrogens is 258 g/mol. The Kier molecular flexibility index (Phi) is 7.02. The SMILES string of the molecule is CN(CCC#N)C(=O)CN1CCC(CCC(=O)O)CC1. The maximum absolute atomic E-state index is 11.9. The van der Waals surface area contributed by atoms with Gasteiger partial charge in [-0.15, -0.1) is 0 Å². The number of likely N-dealkylation sites (tertiary alicyclic amines) is 1. The maximum atomic E-state index is 11.9. The molecule has 1 aliphatic rings. The van der Waals surface area contributed by atoms with E-state index in [-0.39, 0.29) is 12.3 Å². The van der Waals surface area contributed by atoms with Gasteiger partial charge in [0.15, 0.2) is 0 Å². The molecule has 6 heteroatoms. The quantitative estimate of drug-likeness (QED) is 0.750. The van der Waals surface area contributed by atoms with Gasteiger partial charge in [-0.3, -0.25) is 14.5 Å². The summed E-state index contributed by atoms with van der Waals surface area (Å²) in [4.78, 5) is 26.2. The van der Waals surface area contributed by atoms with Gasteiger partial charge in [-0.05, 0) is 38.3 Å². The van der Waals surface area contributed by atoms with Crippen molar-refractivity contribution in [2.24, 2.45) is 5.92 Å². The van der Waals surface area contributed by atoms with Crippen LogP contribution >= 0.6 is 0 Å². The molecule has 112 valence electrons. The van der Waals surface area contributed by atoms with E-state index >= 15 is 0 Å². The lowest BCUT2D eigenvalue weighted by Gasteiger charge is -2.32. The Balaban J connectivity index is 2.23. The molecule has 6 nitrogen and oxygen atoms in total. The lowest BCUT2D eigenvalue weighted by Crippen LogP contribution is -2.42. The lowest BCUT2D eigenvalue weighted by atomic mass is 9.92. The average molecular weight is 281 g/mol. The van der Waals surface area contributed by atoms with Crippen LogP contribution in [0.3, 0.4) is 0 Å². The highest BCUT2D eigenvalue weighted by Gasteiger charge is 2.22. The van der Waals surface area contributed by atoms with Gasteiger partial charge in [0.05, 0.1) is 19.0 Å². The van der Waals surface area contributed by atoms with Gasteiger partial charge in [-0.2, -0.15) is 5.26 Å².